The van der Waals surface area contributed by atoms with E-state index in [4.69, 9.17) is 4.74 Å². The van der Waals surface area contributed by atoms with Gasteiger partial charge in [0, 0.05) is 31.1 Å². The lowest BCUT2D eigenvalue weighted by Gasteiger charge is -2.29. The van der Waals surface area contributed by atoms with E-state index in [1.54, 1.807) is 6.07 Å². The molecule has 1 aliphatic heterocycles. The number of nitrogens with zero attached hydrogens (tertiary/aromatic N) is 3. The van der Waals surface area contributed by atoms with Crippen molar-refractivity contribution in [1.82, 2.24) is 9.97 Å². The van der Waals surface area contributed by atoms with Crippen molar-refractivity contribution in [3.63, 3.8) is 0 Å². The predicted molar refractivity (Wildman–Crippen MR) is 98.0 cm³/mol. The number of anilines is 2. The molecule has 1 saturated heterocycles. The molecule has 3 rings (SSSR count). The Hall–Kier alpha value is -2.35. The van der Waals surface area contributed by atoms with E-state index in [1.807, 2.05) is 19.9 Å². The first-order chi connectivity index (χ1) is 12.8. The summed E-state index contributed by atoms with van der Waals surface area (Å²) < 4.78 is 44.3. The van der Waals surface area contributed by atoms with Crippen LogP contribution in [0.3, 0.4) is 0 Å². The maximum atomic E-state index is 13.0. The van der Waals surface area contributed by atoms with Crippen molar-refractivity contribution in [1.29, 1.82) is 0 Å². The highest BCUT2D eigenvalue weighted by Crippen LogP contribution is 2.33. The van der Waals surface area contributed by atoms with E-state index in [2.05, 4.69) is 20.2 Å². The van der Waals surface area contributed by atoms with Gasteiger partial charge >= 0.3 is 6.18 Å². The van der Waals surface area contributed by atoms with Gasteiger partial charge in [-0.2, -0.15) is 13.2 Å². The van der Waals surface area contributed by atoms with Gasteiger partial charge in [-0.05, 0) is 11.6 Å². The predicted octanol–water partition coefficient (Wildman–Crippen LogP) is 3.72. The van der Waals surface area contributed by atoms with Crippen LogP contribution >= 0.6 is 0 Å². The molecule has 0 saturated carbocycles. The average molecular weight is 380 g/mol. The number of hydrogen-bond donors (Lipinski definition) is 1. The number of halogens is 3. The number of nitrogens with one attached hydrogen (secondary N) is 1. The zero-order chi connectivity index (χ0) is 19.5. The number of rotatable bonds is 5. The van der Waals surface area contributed by atoms with Crippen LogP contribution < -0.4 is 10.2 Å². The van der Waals surface area contributed by atoms with Crippen LogP contribution in [0, 0.1) is 0 Å². The molecule has 0 amide bonds. The molecule has 1 aliphatic rings. The van der Waals surface area contributed by atoms with Crippen molar-refractivity contribution < 1.29 is 17.9 Å². The van der Waals surface area contributed by atoms with Crippen molar-refractivity contribution in [3.05, 3.63) is 47.8 Å². The van der Waals surface area contributed by atoms with Crippen molar-refractivity contribution in [2.45, 2.75) is 25.4 Å². The smallest absolute Gasteiger partial charge is 0.378 e. The molecule has 1 aromatic carbocycles. The summed E-state index contributed by atoms with van der Waals surface area (Å²) in [4.78, 5) is 10.6. The van der Waals surface area contributed by atoms with Crippen LogP contribution in [0.4, 0.5) is 24.8 Å². The van der Waals surface area contributed by atoms with Crippen LogP contribution in [0.2, 0.25) is 0 Å². The molecule has 1 aromatic heterocycles. The van der Waals surface area contributed by atoms with E-state index in [9.17, 15) is 13.2 Å². The Morgan fingerprint density at radius 1 is 1.07 bits per heavy atom. The molecule has 0 radical (unpaired) electrons. The molecule has 0 bridgehead atoms. The molecule has 1 N–H and O–H groups in total. The molecule has 2 heterocycles. The second kappa shape index (κ2) is 7.72. The van der Waals surface area contributed by atoms with Crippen LogP contribution in [0.1, 0.15) is 25.0 Å². The summed E-state index contributed by atoms with van der Waals surface area (Å²) >= 11 is 0. The number of hydrogen-bond acceptors (Lipinski definition) is 5. The largest absolute Gasteiger partial charge is 0.416 e. The fourth-order valence-electron chi connectivity index (χ4n) is 2.94. The zero-order valence-electron chi connectivity index (χ0n) is 15.4. The molecular weight excluding hydrogens is 357 g/mol. The molecule has 0 unspecified atom stereocenters. The van der Waals surface area contributed by atoms with Crippen LogP contribution in [-0.2, 0) is 16.3 Å². The lowest BCUT2D eigenvalue weighted by molar-refractivity contribution is -0.137. The minimum atomic E-state index is -4.35. The molecule has 8 heteroatoms. The highest BCUT2D eigenvalue weighted by atomic mass is 19.4. The van der Waals surface area contributed by atoms with Gasteiger partial charge in [0.15, 0.2) is 0 Å². The van der Waals surface area contributed by atoms with E-state index in [0.717, 1.165) is 25.0 Å². The molecule has 1 fully saturated rings. The fourth-order valence-corrected chi connectivity index (χ4v) is 2.94. The second-order valence-electron chi connectivity index (χ2n) is 7.18. The van der Waals surface area contributed by atoms with Gasteiger partial charge in [-0.15, -0.1) is 0 Å². The first kappa shape index (κ1) is 19.4. The van der Waals surface area contributed by atoms with Gasteiger partial charge in [0.1, 0.15) is 18.0 Å². The monoisotopic (exact) mass is 380 g/mol. The van der Waals surface area contributed by atoms with E-state index in [-0.39, 0.29) is 0 Å². The van der Waals surface area contributed by atoms with E-state index in [0.29, 0.717) is 31.1 Å². The third kappa shape index (κ3) is 4.88. The first-order valence-electron chi connectivity index (χ1n) is 8.82. The average Bonchev–Trinajstić information content (AvgIpc) is 2.67. The first-order valence-corrected chi connectivity index (χ1v) is 8.82. The van der Waals surface area contributed by atoms with Gasteiger partial charge in [-0.25, -0.2) is 9.97 Å². The van der Waals surface area contributed by atoms with Gasteiger partial charge < -0.3 is 15.0 Å². The Balaban J connectivity index is 1.70. The Kier molecular flexibility index (Phi) is 5.55. The summed E-state index contributed by atoms with van der Waals surface area (Å²) in [6.45, 7) is 7.11. The SMILES string of the molecule is CC(C)(CNc1cc(N2CCOCC2)ncn1)c1cccc(C(F)(F)F)c1. The third-order valence-corrected chi connectivity index (χ3v) is 4.67. The Labute approximate surface area is 156 Å². The van der Waals surface area contributed by atoms with Gasteiger partial charge in [-0.1, -0.05) is 32.0 Å². The highest BCUT2D eigenvalue weighted by Gasteiger charge is 2.32. The summed E-state index contributed by atoms with van der Waals surface area (Å²) in [5.74, 6) is 1.46. The van der Waals surface area contributed by atoms with Gasteiger partial charge in [-0.3, -0.25) is 0 Å². The van der Waals surface area contributed by atoms with E-state index >= 15 is 0 Å². The quantitative estimate of drug-likeness (QED) is 0.857. The Bertz CT molecular complexity index is 774. The molecule has 27 heavy (non-hydrogen) atoms. The minimum Gasteiger partial charge on any atom is -0.378 e. The summed E-state index contributed by atoms with van der Waals surface area (Å²) in [6.07, 6.45) is -2.86. The van der Waals surface area contributed by atoms with Crippen LogP contribution in [0.25, 0.3) is 0 Å². The van der Waals surface area contributed by atoms with Gasteiger partial charge in [0.05, 0.1) is 18.8 Å². The molecule has 146 valence electrons. The topological polar surface area (TPSA) is 50.3 Å². The molecular formula is C19H23F3N4O. The van der Waals surface area contributed by atoms with Crippen LogP contribution in [0.5, 0.6) is 0 Å². The second-order valence-corrected chi connectivity index (χ2v) is 7.18. The zero-order valence-corrected chi connectivity index (χ0v) is 15.4. The van der Waals surface area contributed by atoms with Gasteiger partial charge in [0.25, 0.3) is 0 Å². The Morgan fingerprint density at radius 2 is 1.78 bits per heavy atom. The van der Waals surface area contributed by atoms with Crippen molar-refractivity contribution >= 4 is 11.6 Å². The van der Waals surface area contributed by atoms with Crippen LogP contribution in [0.15, 0.2) is 36.7 Å². The number of ether oxygens (including phenoxy) is 1. The molecule has 0 spiro atoms. The molecule has 0 atom stereocenters. The third-order valence-electron chi connectivity index (χ3n) is 4.67. The van der Waals surface area contributed by atoms with E-state index in [1.165, 1.54) is 18.5 Å². The summed E-state index contributed by atoms with van der Waals surface area (Å²) in [5, 5.41) is 3.23. The Morgan fingerprint density at radius 3 is 2.48 bits per heavy atom. The molecule has 0 aliphatic carbocycles. The molecule has 5 nitrogen and oxygen atoms in total. The van der Waals surface area contributed by atoms with Crippen molar-refractivity contribution in [2.75, 3.05) is 43.1 Å². The standard InChI is InChI=1S/C19H23F3N4O/c1-18(2,14-4-3-5-15(10-14)19(20,21)22)12-23-16-11-17(25-13-24-16)26-6-8-27-9-7-26/h3-5,10-11,13H,6-9,12H2,1-2H3,(H,23,24,25). The van der Waals surface area contributed by atoms with Crippen LogP contribution in [-0.4, -0.2) is 42.8 Å². The number of aromatic nitrogens is 2. The van der Waals surface area contributed by atoms with Crippen molar-refractivity contribution in [3.8, 4) is 0 Å². The van der Waals surface area contributed by atoms with Gasteiger partial charge in [0.2, 0.25) is 0 Å². The lowest BCUT2D eigenvalue weighted by Crippen LogP contribution is -2.36. The number of benzene rings is 1. The summed E-state index contributed by atoms with van der Waals surface area (Å²) in [7, 11) is 0. The maximum Gasteiger partial charge on any atom is 0.416 e. The normalized spacial score (nSPS) is 15.7. The number of alkyl halides is 3. The summed E-state index contributed by atoms with van der Waals surface area (Å²) in [6, 6.07) is 7.32. The maximum absolute atomic E-state index is 13.0. The highest BCUT2D eigenvalue weighted by molar-refractivity contribution is 5.49. The van der Waals surface area contributed by atoms with E-state index < -0.39 is 17.2 Å². The number of morpholine rings is 1. The summed E-state index contributed by atoms with van der Waals surface area (Å²) in [5.41, 5.74) is -0.525. The van der Waals surface area contributed by atoms with Crippen molar-refractivity contribution in [2.24, 2.45) is 0 Å². The lowest BCUT2D eigenvalue weighted by atomic mass is 9.83. The minimum absolute atomic E-state index is 0.438. The fraction of sp³-hybridized carbons (Fsp3) is 0.474. The molecule has 2 aromatic rings.